The number of carbonyl (C=O) groups excluding carboxylic acids is 1. The molecule has 2 aromatic heterocycles. The summed E-state index contributed by atoms with van der Waals surface area (Å²) in [6, 6.07) is 7.66. The molecule has 10 nitrogen and oxygen atoms in total. The van der Waals surface area contributed by atoms with E-state index >= 15 is 0 Å². The maximum atomic E-state index is 13.1. The first-order valence-corrected chi connectivity index (χ1v) is 9.80. The maximum Gasteiger partial charge on any atom is 0.332 e. The summed E-state index contributed by atoms with van der Waals surface area (Å²) in [6.07, 6.45) is 0. The first-order chi connectivity index (χ1) is 14.3. The normalized spacial score (nSPS) is 16.0. The fourth-order valence-corrected chi connectivity index (χ4v) is 3.91. The summed E-state index contributed by atoms with van der Waals surface area (Å²) in [5.41, 5.74) is 5.53. The van der Waals surface area contributed by atoms with Crippen molar-refractivity contribution >= 4 is 28.7 Å². The number of rotatable bonds is 5. The van der Waals surface area contributed by atoms with E-state index in [1.165, 1.54) is 11.6 Å². The van der Waals surface area contributed by atoms with Gasteiger partial charge in [0.1, 0.15) is 12.3 Å². The minimum atomic E-state index is -0.753. The molecule has 0 aliphatic carbocycles. The molecule has 0 fully saturated rings. The van der Waals surface area contributed by atoms with Crippen molar-refractivity contribution in [3.05, 3.63) is 45.1 Å². The van der Waals surface area contributed by atoms with E-state index in [4.69, 9.17) is 10.5 Å². The van der Waals surface area contributed by atoms with Crippen molar-refractivity contribution in [2.24, 2.45) is 18.7 Å². The predicted octanol–water partition coefficient (Wildman–Crippen LogP) is 0.569. The lowest BCUT2D eigenvalue weighted by Crippen LogP contribution is -2.43. The standard InChI is InChI=1S/C20H24N6O4/c1-4-30-14-7-5-13(6-8-14)24-9-12(2)10-25-16-17(22-19(24)25)23(3)20(29)26(18(16)28)11-15(21)27/h5-8,12H,4,9-11H2,1-3H3,(H2,21,27). The van der Waals surface area contributed by atoms with Crippen LogP contribution in [0.3, 0.4) is 0 Å². The van der Waals surface area contributed by atoms with Crippen LogP contribution in [0.1, 0.15) is 13.8 Å². The predicted molar refractivity (Wildman–Crippen MR) is 112 cm³/mol. The monoisotopic (exact) mass is 412 g/mol. The minimum Gasteiger partial charge on any atom is -0.494 e. The van der Waals surface area contributed by atoms with Crippen LogP contribution in [0.15, 0.2) is 33.9 Å². The Balaban J connectivity index is 1.92. The summed E-state index contributed by atoms with van der Waals surface area (Å²) < 4.78 is 9.48. The highest BCUT2D eigenvalue weighted by Gasteiger charge is 2.30. The number of hydrogen-bond donors (Lipinski definition) is 1. The highest BCUT2D eigenvalue weighted by atomic mass is 16.5. The van der Waals surface area contributed by atoms with Gasteiger partial charge in [0.25, 0.3) is 5.56 Å². The number of aryl methyl sites for hydroxylation is 1. The van der Waals surface area contributed by atoms with Crippen molar-refractivity contribution in [1.82, 2.24) is 18.7 Å². The van der Waals surface area contributed by atoms with Gasteiger partial charge in [-0.25, -0.2) is 9.36 Å². The highest BCUT2D eigenvalue weighted by Crippen LogP contribution is 2.33. The number of primary amides is 1. The first-order valence-electron chi connectivity index (χ1n) is 9.80. The number of carbonyl (C=O) groups is 1. The topological polar surface area (TPSA) is 117 Å². The zero-order valence-corrected chi connectivity index (χ0v) is 17.2. The van der Waals surface area contributed by atoms with E-state index in [-0.39, 0.29) is 17.1 Å². The molecule has 1 amide bonds. The molecule has 0 saturated heterocycles. The maximum absolute atomic E-state index is 13.1. The van der Waals surface area contributed by atoms with Crippen LogP contribution in [0.25, 0.3) is 11.2 Å². The van der Waals surface area contributed by atoms with E-state index in [0.29, 0.717) is 25.6 Å². The van der Waals surface area contributed by atoms with Crippen molar-refractivity contribution in [2.45, 2.75) is 26.9 Å². The third-order valence-corrected chi connectivity index (χ3v) is 5.22. The van der Waals surface area contributed by atoms with Gasteiger partial charge in [-0.3, -0.25) is 14.2 Å². The van der Waals surface area contributed by atoms with Gasteiger partial charge in [-0.15, -0.1) is 0 Å². The van der Waals surface area contributed by atoms with Crippen molar-refractivity contribution in [3.8, 4) is 5.75 Å². The van der Waals surface area contributed by atoms with Gasteiger partial charge in [0.15, 0.2) is 11.2 Å². The second-order valence-electron chi connectivity index (χ2n) is 7.54. The van der Waals surface area contributed by atoms with Crippen LogP contribution in [-0.2, 0) is 24.9 Å². The zero-order valence-electron chi connectivity index (χ0n) is 17.2. The first kappa shape index (κ1) is 19.7. The van der Waals surface area contributed by atoms with E-state index in [1.54, 1.807) is 0 Å². The third kappa shape index (κ3) is 3.14. The van der Waals surface area contributed by atoms with E-state index < -0.39 is 23.7 Å². The Morgan fingerprint density at radius 3 is 2.57 bits per heavy atom. The molecule has 30 heavy (non-hydrogen) atoms. The van der Waals surface area contributed by atoms with E-state index in [2.05, 4.69) is 11.9 Å². The van der Waals surface area contributed by atoms with Gasteiger partial charge < -0.3 is 19.9 Å². The lowest BCUT2D eigenvalue weighted by atomic mass is 10.1. The Kier molecular flexibility index (Phi) is 4.84. The minimum absolute atomic E-state index is 0.225. The van der Waals surface area contributed by atoms with Crippen LogP contribution in [0, 0.1) is 5.92 Å². The SMILES string of the molecule is CCOc1ccc(N2CC(C)Cn3c2nc2c3c(=O)n(CC(N)=O)c(=O)n2C)cc1. The average Bonchev–Trinajstić information content (AvgIpc) is 3.09. The molecular formula is C20H24N6O4. The lowest BCUT2D eigenvalue weighted by Gasteiger charge is -2.33. The summed E-state index contributed by atoms with van der Waals surface area (Å²) in [5, 5.41) is 0. The number of hydrogen-bond acceptors (Lipinski definition) is 6. The van der Waals surface area contributed by atoms with Crippen LogP contribution in [0.2, 0.25) is 0 Å². The average molecular weight is 412 g/mol. The van der Waals surface area contributed by atoms with Gasteiger partial charge in [-0.05, 0) is 37.1 Å². The molecule has 0 radical (unpaired) electrons. The van der Waals surface area contributed by atoms with Crippen molar-refractivity contribution < 1.29 is 9.53 Å². The second kappa shape index (κ2) is 7.36. The van der Waals surface area contributed by atoms with Crippen LogP contribution in [0.4, 0.5) is 11.6 Å². The molecule has 0 spiro atoms. The molecule has 0 bridgehead atoms. The number of nitrogens with zero attached hydrogens (tertiary/aromatic N) is 5. The van der Waals surface area contributed by atoms with Gasteiger partial charge in [0.05, 0.1) is 6.61 Å². The molecule has 1 atom stereocenters. The van der Waals surface area contributed by atoms with Crippen LogP contribution in [-0.4, -0.2) is 37.7 Å². The molecule has 2 N–H and O–H groups in total. The van der Waals surface area contributed by atoms with E-state index in [1.807, 2.05) is 40.7 Å². The number of amides is 1. The smallest absolute Gasteiger partial charge is 0.332 e. The van der Waals surface area contributed by atoms with Gasteiger partial charge >= 0.3 is 5.69 Å². The Labute approximate surface area is 172 Å². The number of aromatic nitrogens is 4. The molecule has 158 valence electrons. The van der Waals surface area contributed by atoms with Gasteiger partial charge in [-0.2, -0.15) is 4.98 Å². The third-order valence-electron chi connectivity index (χ3n) is 5.22. The largest absolute Gasteiger partial charge is 0.494 e. The summed E-state index contributed by atoms with van der Waals surface area (Å²) in [6.45, 7) is 5.41. The van der Waals surface area contributed by atoms with Crippen LogP contribution < -0.4 is 26.6 Å². The van der Waals surface area contributed by atoms with Gasteiger partial charge in [0, 0.05) is 25.8 Å². The molecule has 3 heterocycles. The fraction of sp³-hybridized carbons (Fsp3) is 0.400. The molecule has 10 heteroatoms. The van der Waals surface area contributed by atoms with Gasteiger partial charge in [-0.1, -0.05) is 6.92 Å². The van der Waals surface area contributed by atoms with Crippen molar-refractivity contribution in [2.75, 3.05) is 18.1 Å². The Bertz CT molecular complexity index is 1240. The molecule has 1 aliphatic heterocycles. The molecule has 0 saturated carbocycles. The molecule has 3 aromatic rings. The molecule has 1 aromatic carbocycles. The summed E-state index contributed by atoms with van der Waals surface area (Å²) in [7, 11) is 1.53. The summed E-state index contributed by atoms with van der Waals surface area (Å²) >= 11 is 0. The van der Waals surface area contributed by atoms with Crippen molar-refractivity contribution in [3.63, 3.8) is 0 Å². The second-order valence-corrected chi connectivity index (χ2v) is 7.54. The number of nitrogens with two attached hydrogens (primary N) is 1. The molecule has 1 unspecified atom stereocenters. The number of imidazole rings is 1. The summed E-state index contributed by atoms with van der Waals surface area (Å²) in [5.74, 6) is 0.826. The highest BCUT2D eigenvalue weighted by molar-refractivity contribution is 5.78. The Hall–Kier alpha value is -3.56. The molecule has 1 aliphatic rings. The van der Waals surface area contributed by atoms with Gasteiger partial charge in [0.2, 0.25) is 11.9 Å². The molecule has 4 rings (SSSR count). The van der Waals surface area contributed by atoms with Crippen LogP contribution in [0.5, 0.6) is 5.75 Å². The molecular weight excluding hydrogens is 388 g/mol. The number of anilines is 2. The fourth-order valence-electron chi connectivity index (χ4n) is 3.91. The van der Waals surface area contributed by atoms with E-state index in [9.17, 15) is 14.4 Å². The quantitative estimate of drug-likeness (QED) is 0.655. The lowest BCUT2D eigenvalue weighted by molar-refractivity contribution is -0.118. The number of benzene rings is 1. The number of fused-ring (bicyclic) bond motifs is 3. The van der Waals surface area contributed by atoms with E-state index in [0.717, 1.165) is 16.0 Å². The van der Waals surface area contributed by atoms with Crippen molar-refractivity contribution in [1.29, 1.82) is 0 Å². The Morgan fingerprint density at radius 1 is 1.23 bits per heavy atom. The Morgan fingerprint density at radius 2 is 1.93 bits per heavy atom. The summed E-state index contributed by atoms with van der Waals surface area (Å²) in [4.78, 5) is 43.7. The van der Waals surface area contributed by atoms with Crippen LogP contribution >= 0.6 is 0 Å². The zero-order chi connectivity index (χ0) is 21.6. The number of ether oxygens (including phenoxy) is 1.